The van der Waals surface area contributed by atoms with Gasteiger partial charge in [0.15, 0.2) is 5.96 Å². The summed E-state index contributed by atoms with van der Waals surface area (Å²) in [6.07, 6.45) is 3.42. The van der Waals surface area contributed by atoms with Crippen LogP contribution in [0.1, 0.15) is 26.4 Å². The Bertz CT molecular complexity index is 801. The minimum Gasteiger partial charge on any atom is -0.370 e. The molecule has 0 radical (unpaired) electrons. The van der Waals surface area contributed by atoms with E-state index in [0.29, 0.717) is 22.0 Å². The third-order valence-corrected chi connectivity index (χ3v) is 3.94. The van der Waals surface area contributed by atoms with E-state index in [1.54, 1.807) is 41.8 Å². The van der Waals surface area contributed by atoms with Gasteiger partial charge in [0.2, 0.25) is 5.13 Å². The average Bonchev–Trinajstić information content (AvgIpc) is 3.05. The standard InChI is InChI=1S/C15H13N5O2S/c16-14(17)19-15-18-9(8-23-15)4-3-7-20-12(21)10-5-1-2-6-11(10)13(20)22/h1-6,8H,7H2,(H4,16,17,18,19)/b4-3+. The third-order valence-electron chi connectivity index (χ3n) is 3.19. The average molecular weight is 327 g/mol. The molecule has 8 heteroatoms. The molecule has 1 aliphatic heterocycles. The number of carbonyl (C=O) groups is 2. The van der Waals surface area contributed by atoms with E-state index in [4.69, 9.17) is 11.5 Å². The maximum absolute atomic E-state index is 12.2. The summed E-state index contributed by atoms with van der Waals surface area (Å²) in [7, 11) is 0. The topological polar surface area (TPSA) is 115 Å². The van der Waals surface area contributed by atoms with Gasteiger partial charge in [-0.15, -0.1) is 11.3 Å². The van der Waals surface area contributed by atoms with Gasteiger partial charge in [-0.05, 0) is 18.2 Å². The van der Waals surface area contributed by atoms with Crippen LogP contribution in [0.4, 0.5) is 5.13 Å². The molecule has 0 bridgehead atoms. The van der Waals surface area contributed by atoms with E-state index in [1.165, 1.54) is 16.2 Å². The number of nitrogens with two attached hydrogens (primary N) is 2. The highest BCUT2D eigenvalue weighted by Crippen LogP contribution is 2.23. The van der Waals surface area contributed by atoms with Crippen molar-refractivity contribution in [3.8, 4) is 0 Å². The van der Waals surface area contributed by atoms with Gasteiger partial charge in [0.05, 0.1) is 16.8 Å². The fourth-order valence-electron chi connectivity index (χ4n) is 2.20. The molecule has 0 saturated heterocycles. The molecule has 0 spiro atoms. The summed E-state index contributed by atoms with van der Waals surface area (Å²) in [6.45, 7) is 0.182. The molecule has 1 aromatic carbocycles. The van der Waals surface area contributed by atoms with Gasteiger partial charge in [-0.25, -0.2) is 4.98 Å². The van der Waals surface area contributed by atoms with E-state index in [1.807, 2.05) is 0 Å². The highest BCUT2D eigenvalue weighted by Gasteiger charge is 2.34. The second-order valence-corrected chi connectivity index (χ2v) is 5.60. The summed E-state index contributed by atoms with van der Waals surface area (Å²) in [4.78, 5) is 33.6. The lowest BCUT2D eigenvalue weighted by molar-refractivity contribution is 0.0672. The highest BCUT2D eigenvalue weighted by molar-refractivity contribution is 7.13. The van der Waals surface area contributed by atoms with Gasteiger partial charge in [0.1, 0.15) is 0 Å². The number of fused-ring (bicyclic) bond motifs is 1. The lowest BCUT2D eigenvalue weighted by atomic mass is 10.1. The summed E-state index contributed by atoms with van der Waals surface area (Å²) < 4.78 is 0. The van der Waals surface area contributed by atoms with Crippen molar-refractivity contribution in [3.63, 3.8) is 0 Å². The zero-order valence-electron chi connectivity index (χ0n) is 12.0. The van der Waals surface area contributed by atoms with Gasteiger partial charge in [-0.3, -0.25) is 14.5 Å². The van der Waals surface area contributed by atoms with Crippen molar-refractivity contribution in [3.05, 3.63) is 52.5 Å². The first-order valence-corrected chi connectivity index (χ1v) is 7.61. The zero-order valence-corrected chi connectivity index (χ0v) is 12.8. The first-order chi connectivity index (χ1) is 11.1. The molecule has 7 nitrogen and oxygen atoms in total. The molecule has 23 heavy (non-hydrogen) atoms. The zero-order chi connectivity index (χ0) is 16.4. The number of carbonyl (C=O) groups excluding carboxylic acids is 2. The summed E-state index contributed by atoms with van der Waals surface area (Å²) in [5.41, 5.74) is 12.1. The molecule has 3 rings (SSSR count). The van der Waals surface area contributed by atoms with Crippen molar-refractivity contribution in [2.24, 2.45) is 16.5 Å². The third kappa shape index (κ3) is 2.97. The number of nitrogens with zero attached hydrogens (tertiary/aromatic N) is 3. The Balaban J connectivity index is 1.70. The predicted molar refractivity (Wildman–Crippen MR) is 88.4 cm³/mol. The fourth-order valence-corrected chi connectivity index (χ4v) is 2.87. The molecule has 4 N–H and O–H groups in total. The number of rotatable bonds is 4. The summed E-state index contributed by atoms with van der Waals surface area (Å²) in [5, 5.41) is 2.23. The first kappa shape index (κ1) is 14.9. The molecule has 2 amide bonds. The van der Waals surface area contributed by atoms with Crippen LogP contribution in [0.25, 0.3) is 6.08 Å². The SMILES string of the molecule is NC(N)=Nc1nc(/C=C/CN2C(=O)c3ccccc3C2=O)cs1. The summed E-state index contributed by atoms with van der Waals surface area (Å²) >= 11 is 1.29. The number of thiazole rings is 1. The minimum atomic E-state index is -0.283. The van der Waals surface area contributed by atoms with Crippen LogP contribution < -0.4 is 11.5 Å². The quantitative estimate of drug-likeness (QED) is 0.500. The Labute approximate surface area is 136 Å². The van der Waals surface area contributed by atoms with Crippen molar-refractivity contribution in [1.82, 2.24) is 9.88 Å². The Hall–Kier alpha value is -3.00. The van der Waals surface area contributed by atoms with Crippen LogP contribution >= 0.6 is 11.3 Å². The lowest BCUT2D eigenvalue weighted by Crippen LogP contribution is -2.29. The van der Waals surface area contributed by atoms with E-state index in [2.05, 4.69) is 9.98 Å². The van der Waals surface area contributed by atoms with E-state index >= 15 is 0 Å². The van der Waals surface area contributed by atoms with Crippen molar-refractivity contribution in [2.45, 2.75) is 0 Å². The van der Waals surface area contributed by atoms with E-state index in [-0.39, 0.29) is 24.3 Å². The molecule has 0 saturated carbocycles. The molecular weight excluding hydrogens is 314 g/mol. The van der Waals surface area contributed by atoms with Crippen molar-refractivity contribution < 1.29 is 9.59 Å². The molecule has 0 unspecified atom stereocenters. The maximum Gasteiger partial charge on any atom is 0.261 e. The van der Waals surface area contributed by atoms with Crippen LogP contribution in [-0.4, -0.2) is 34.2 Å². The van der Waals surface area contributed by atoms with Crippen LogP contribution in [-0.2, 0) is 0 Å². The Morgan fingerprint density at radius 1 is 1.22 bits per heavy atom. The van der Waals surface area contributed by atoms with E-state index in [0.717, 1.165) is 0 Å². The van der Waals surface area contributed by atoms with Crippen LogP contribution in [0, 0.1) is 0 Å². The maximum atomic E-state index is 12.2. The number of aromatic nitrogens is 1. The smallest absolute Gasteiger partial charge is 0.261 e. The second-order valence-electron chi connectivity index (χ2n) is 4.76. The minimum absolute atomic E-state index is 0.0547. The van der Waals surface area contributed by atoms with Crippen LogP contribution in [0.15, 0.2) is 40.7 Å². The number of benzene rings is 1. The number of hydrogen-bond acceptors (Lipinski definition) is 5. The van der Waals surface area contributed by atoms with Gasteiger partial charge in [-0.1, -0.05) is 18.2 Å². The molecule has 1 aliphatic rings. The summed E-state index contributed by atoms with van der Waals surface area (Å²) in [5.74, 6) is -0.620. The van der Waals surface area contributed by atoms with Crippen molar-refractivity contribution in [2.75, 3.05) is 6.54 Å². The molecule has 0 aliphatic carbocycles. The number of hydrogen-bond donors (Lipinski definition) is 2. The van der Waals surface area contributed by atoms with Crippen molar-refractivity contribution >= 4 is 40.3 Å². The first-order valence-electron chi connectivity index (χ1n) is 6.73. The molecule has 116 valence electrons. The fraction of sp³-hybridized carbons (Fsp3) is 0.0667. The van der Waals surface area contributed by atoms with Gasteiger partial charge < -0.3 is 11.5 Å². The van der Waals surface area contributed by atoms with Gasteiger partial charge >= 0.3 is 0 Å². The van der Waals surface area contributed by atoms with E-state index < -0.39 is 0 Å². The molecular formula is C15H13N5O2S. The lowest BCUT2D eigenvalue weighted by Gasteiger charge is -2.10. The Morgan fingerprint density at radius 3 is 2.48 bits per heavy atom. The highest BCUT2D eigenvalue weighted by atomic mass is 32.1. The van der Waals surface area contributed by atoms with Crippen molar-refractivity contribution in [1.29, 1.82) is 0 Å². The monoisotopic (exact) mass is 327 g/mol. The molecule has 0 atom stereocenters. The van der Waals surface area contributed by atoms with E-state index in [9.17, 15) is 9.59 Å². The van der Waals surface area contributed by atoms with Crippen LogP contribution in [0.3, 0.4) is 0 Å². The van der Waals surface area contributed by atoms with Gasteiger partial charge in [0.25, 0.3) is 11.8 Å². The Morgan fingerprint density at radius 2 is 1.87 bits per heavy atom. The Kier molecular flexibility index (Phi) is 3.90. The van der Waals surface area contributed by atoms with Crippen LogP contribution in [0.5, 0.6) is 0 Å². The number of imide groups is 1. The number of aliphatic imine (C=N–C) groups is 1. The summed E-state index contributed by atoms with van der Waals surface area (Å²) in [6, 6.07) is 6.79. The number of amides is 2. The predicted octanol–water partition coefficient (Wildman–Crippen LogP) is 1.36. The molecule has 1 aromatic heterocycles. The largest absolute Gasteiger partial charge is 0.370 e. The number of guanidine groups is 1. The molecule has 0 fully saturated rings. The van der Waals surface area contributed by atoms with Gasteiger partial charge in [-0.2, -0.15) is 4.99 Å². The van der Waals surface area contributed by atoms with Gasteiger partial charge in [0, 0.05) is 11.9 Å². The second kappa shape index (κ2) is 6.01. The normalized spacial score (nSPS) is 13.7. The van der Waals surface area contributed by atoms with Crippen LogP contribution in [0.2, 0.25) is 0 Å². The molecule has 2 heterocycles. The molecule has 2 aromatic rings.